The largest absolute Gasteiger partial charge is 0.481 e. The zero-order valence-corrected chi connectivity index (χ0v) is 12.3. The molecule has 6 heteroatoms. The number of hydrogen-bond acceptors (Lipinski definition) is 3. The Morgan fingerprint density at radius 2 is 2.11 bits per heavy atom. The molecule has 0 aliphatic rings. The summed E-state index contributed by atoms with van der Waals surface area (Å²) in [4.78, 5) is 24.2. The van der Waals surface area contributed by atoms with Crippen LogP contribution in [-0.2, 0) is 4.79 Å². The molecule has 5 nitrogen and oxygen atoms in total. The number of carbonyl (C=O) groups is 2. The molecule has 0 heterocycles. The van der Waals surface area contributed by atoms with Crippen molar-refractivity contribution in [2.75, 3.05) is 32.1 Å². The third-order valence-electron chi connectivity index (χ3n) is 2.67. The third kappa shape index (κ3) is 7.42. The Hall–Kier alpha value is -0.910. The van der Waals surface area contributed by atoms with Gasteiger partial charge in [0.15, 0.2) is 0 Å². The fourth-order valence-electron chi connectivity index (χ4n) is 1.55. The summed E-state index contributed by atoms with van der Waals surface area (Å²) < 4.78 is 0. The van der Waals surface area contributed by atoms with E-state index in [1.807, 2.05) is 13.2 Å². The van der Waals surface area contributed by atoms with Gasteiger partial charge in [0.2, 0.25) is 0 Å². The molecule has 1 unspecified atom stereocenters. The normalized spacial score (nSPS) is 11.9. The molecule has 0 saturated carbocycles. The average molecular weight is 276 g/mol. The zero-order chi connectivity index (χ0) is 14.0. The number of amides is 2. The second-order valence-corrected chi connectivity index (χ2v) is 5.26. The molecule has 0 rings (SSSR count). The van der Waals surface area contributed by atoms with Crippen molar-refractivity contribution in [2.24, 2.45) is 5.92 Å². The number of thioether (sulfide) groups is 1. The third-order valence-corrected chi connectivity index (χ3v) is 3.37. The number of hydrogen-bond donors (Lipinski definition) is 2. The van der Waals surface area contributed by atoms with Crippen molar-refractivity contribution in [3.63, 3.8) is 0 Å². The highest BCUT2D eigenvalue weighted by Crippen LogP contribution is 2.05. The van der Waals surface area contributed by atoms with Crippen molar-refractivity contribution in [3.05, 3.63) is 0 Å². The van der Waals surface area contributed by atoms with E-state index in [0.717, 1.165) is 18.6 Å². The summed E-state index contributed by atoms with van der Waals surface area (Å²) in [5.41, 5.74) is 0. The fraction of sp³-hybridized carbons (Fsp3) is 0.833. The summed E-state index contributed by atoms with van der Waals surface area (Å²) in [5.74, 6) is -0.314. The van der Waals surface area contributed by atoms with Crippen LogP contribution in [0.2, 0.25) is 0 Å². The van der Waals surface area contributed by atoms with Gasteiger partial charge in [0.1, 0.15) is 0 Å². The first-order valence-corrected chi connectivity index (χ1v) is 7.63. The first-order chi connectivity index (χ1) is 8.52. The van der Waals surface area contributed by atoms with Gasteiger partial charge in [-0.05, 0) is 24.9 Å². The SMILES string of the molecule is CCCC(CNC(=O)N(C)CCCSC)C(=O)O. The molecular formula is C12H24N2O3S. The van der Waals surface area contributed by atoms with Crippen LogP contribution in [0.15, 0.2) is 0 Å². The molecule has 0 aliphatic heterocycles. The Morgan fingerprint density at radius 1 is 1.44 bits per heavy atom. The minimum atomic E-state index is -0.845. The van der Waals surface area contributed by atoms with Crippen LogP contribution in [0.25, 0.3) is 0 Å². The zero-order valence-electron chi connectivity index (χ0n) is 11.4. The first-order valence-electron chi connectivity index (χ1n) is 6.23. The number of aliphatic carboxylic acids is 1. The standard InChI is InChI=1S/C12H24N2O3S/c1-4-6-10(11(15)16)9-13-12(17)14(2)7-5-8-18-3/h10H,4-9H2,1-3H3,(H,13,17)(H,15,16). The van der Waals surface area contributed by atoms with Gasteiger partial charge in [0, 0.05) is 20.1 Å². The number of rotatable bonds is 9. The Kier molecular flexibility index (Phi) is 9.55. The minimum Gasteiger partial charge on any atom is -0.481 e. The van der Waals surface area contributed by atoms with Crippen LogP contribution in [0.1, 0.15) is 26.2 Å². The van der Waals surface area contributed by atoms with Gasteiger partial charge >= 0.3 is 12.0 Å². The first kappa shape index (κ1) is 17.1. The predicted octanol–water partition coefficient (Wildman–Crippen LogP) is 1.88. The number of urea groups is 1. The topological polar surface area (TPSA) is 69.6 Å². The maximum absolute atomic E-state index is 11.7. The molecule has 106 valence electrons. The van der Waals surface area contributed by atoms with Crippen molar-refractivity contribution in [2.45, 2.75) is 26.2 Å². The van der Waals surface area contributed by atoms with Crippen LogP contribution in [0, 0.1) is 5.92 Å². The molecule has 0 saturated heterocycles. The smallest absolute Gasteiger partial charge is 0.317 e. The van der Waals surface area contributed by atoms with Crippen LogP contribution in [0.5, 0.6) is 0 Å². The second kappa shape index (κ2) is 10.1. The number of carbonyl (C=O) groups excluding carboxylic acids is 1. The molecule has 18 heavy (non-hydrogen) atoms. The van der Waals surface area contributed by atoms with E-state index in [-0.39, 0.29) is 12.6 Å². The van der Waals surface area contributed by atoms with Gasteiger partial charge in [-0.2, -0.15) is 11.8 Å². The van der Waals surface area contributed by atoms with E-state index < -0.39 is 11.9 Å². The van der Waals surface area contributed by atoms with E-state index in [1.165, 1.54) is 0 Å². The second-order valence-electron chi connectivity index (χ2n) is 4.28. The molecule has 2 amide bonds. The van der Waals surface area contributed by atoms with E-state index >= 15 is 0 Å². The van der Waals surface area contributed by atoms with Gasteiger partial charge in [-0.25, -0.2) is 4.79 Å². The molecular weight excluding hydrogens is 252 g/mol. The molecule has 1 atom stereocenters. The lowest BCUT2D eigenvalue weighted by Gasteiger charge is -2.19. The van der Waals surface area contributed by atoms with Crippen molar-refractivity contribution >= 4 is 23.8 Å². The van der Waals surface area contributed by atoms with E-state index in [4.69, 9.17) is 5.11 Å². The number of nitrogens with zero attached hydrogens (tertiary/aromatic N) is 1. The lowest BCUT2D eigenvalue weighted by atomic mass is 10.0. The molecule has 0 fully saturated rings. The van der Waals surface area contributed by atoms with E-state index in [9.17, 15) is 9.59 Å². The molecule has 0 aliphatic carbocycles. The summed E-state index contributed by atoms with van der Waals surface area (Å²) in [7, 11) is 1.73. The summed E-state index contributed by atoms with van der Waals surface area (Å²) in [6, 6.07) is -0.196. The van der Waals surface area contributed by atoms with Gasteiger partial charge in [-0.15, -0.1) is 0 Å². The summed E-state index contributed by atoms with van der Waals surface area (Å²) >= 11 is 1.75. The summed E-state index contributed by atoms with van der Waals surface area (Å²) in [6.45, 7) is 2.83. The van der Waals surface area contributed by atoms with Gasteiger partial charge in [0.25, 0.3) is 0 Å². The highest BCUT2D eigenvalue weighted by atomic mass is 32.2. The van der Waals surface area contributed by atoms with Crippen molar-refractivity contribution in [3.8, 4) is 0 Å². The number of carboxylic acid groups (broad SMARTS) is 1. The molecule has 0 aromatic heterocycles. The Morgan fingerprint density at radius 3 is 2.61 bits per heavy atom. The van der Waals surface area contributed by atoms with Gasteiger partial charge in [-0.1, -0.05) is 13.3 Å². The van der Waals surface area contributed by atoms with Gasteiger partial charge < -0.3 is 15.3 Å². The number of nitrogens with one attached hydrogen (secondary N) is 1. The van der Waals surface area contributed by atoms with Crippen LogP contribution in [0.4, 0.5) is 4.79 Å². The van der Waals surface area contributed by atoms with E-state index in [0.29, 0.717) is 13.0 Å². The predicted molar refractivity (Wildman–Crippen MR) is 75.1 cm³/mol. The van der Waals surface area contributed by atoms with Crippen LogP contribution >= 0.6 is 11.8 Å². The monoisotopic (exact) mass is 276 g/mol. The minimum absolute atomic E-state index is 0.196. The maximum atomic E-state index is 11.7. The molecule has 0 aromatic rings. The van der Waals surface area contributed by atoms with E-state index in [2.05, 4.69) is 5.32 Å². The molecule has 0 aromatic carbocycles. The molecule has 0 radical (unpaired) electrons. The van der Waals surface area contributed by atoms with Crippen LogP contribution in [-0.4, -0.2) is 54.2 Å². The molecule has 0 bridgehead atoms. The summed E-state index contributed by atoms with van der Waals surface area (Å²) in [6.07, 6.45) is 4.37. The summed E-state index contributed by atoms with van der Waals surface area (Å²) in [5, 5.41) is 11.6. The van der Waals surface area contributed by atoms with Crippen LogP contribution < -0.4 is 5.32 Å². The number of carboxylic acids is 1. The van der Waals surface area contributed by atoms with Crippen molar-refractivity contribution < 1.29 is 14.7 Å². The van der Waals surface area contributed by atoms with Gasteiger partial charge in [0.05, 0.1) is 5.92 Å². The Bertz CT molecular complexity index is 262. The van der Waals surface area contributed by atoms with Crippen molar-refractivity contribution in [1.82, 2.24) is 10.2 Å². The van der Waals surface area contributed by atoms with Crippen LogP contribution in [0.3, 0.4) is 0 Å². The fourth-order valence-corrected chi connectivity index (χ4v) is 1.97. The lowest BCUT2D eigenvalue weighted by molar-refractivity contribution is -0.141. The highest BCUT2D eigenvalue weighted by molar-refractivity contribution is 7.98. The highest BCUT2D eigenvalue weighted by Gasteiger charge is 2.18. The molecule has 2 N–H and O–H groups in total. The Balaban J connectivity index is 3.95. The maximum Gasteiger partial charge on any atom is 0.317 e. The lowest BCUT2D eigenvalue weighted by Crippen LogP contribution is -2.41. The van der Waals surface area contributed by atoms with Crippen molar-refractivity contribution in [1.29, 1.82) is 0 Å². The average Bonchev–Trinajstić information content (AvgIpc) is 2.33. The van der Waals surface area contributed by atoms with E-state index in [1.54, 1.807) is 23.7 Å². The Labute approximate surface area is 113 Å². The molecule has 0 spiro atoms. The quantitative estimate of drug-likeness (QED) is 0.631. The van der Waals surface area contributed by atoms with Gasteiger partial charge in [-0.3, -0.25) is 4.79 Å².